The summed E-state index contributed by atoms with van der Waals surface area (Å²) < 4.78 is 12.9. The van der Waals surface area contributed by atoms with Crippen LogP contribution in [0.5, 0.6) is 0 Å². The Morgan fingerprint density at radius 2 is 1.83 bits per heavy atom. The van der Waals surface area contributed by atoms with Gasteiger partial charge in [0, 0.05) is 0 Å². The van der Waals surface area contributed by atoms with Gasteiger partial charge in [0.1, 0.15) is 11.6 Å². The molecule has 0 amide bonds. The monoisotopic (exact) mass is 247 g/mol. The SMILES string of the molecule is CCC(N)(CC)c1ncc(-c2ccc(F)cc2)[nH]1. The van der Waals surface area contributed by atoms with E-state index in [1.165, 1.54) is 12.1 Å². The minimum Gasteiger partial charge on any atom is -0.340 e. The number of nitrogens with zero attached hydrogens (tertiary/aromatic N) is 1. The molecule has 3 nitrogen and oxygen atoms in total. The summed E-state index contributed by atoms with van der Waals surface area (Å²) in [6.45, 7) is 4.09. The third-order valence-corrected chi connectivity index (χ3v) is 3.46. The van der Waals surface area contributed by atoms with Gasteiger partial charge < -0.3 is 10.7 Å². The zero-order valence-corrected chi connectivity index (χ0v) is 10.7. The van der Waals surface area contributed by atoms with Crippen molar-refractivity contribution in [3.63, 3.8) is 0 Å². The lowest BCUT2D eigenvalue weighted by molar-refractivity contribution is 0.391. The van der Waals surface area contributed by atoms with Crippen LogP contribution >= 0.6 is 0 Å². The van der Waals surface area contributed by atoms with E-state index in [2.05, 4.69) is 9.97 Å². The summed E-state index contributed by atoms with van der Waals surface area (Å²) >= 11 is 0. The molecule has 96 valence electrons. The van der Waals surface area contributed by atoms with E-state index < -0.39 is 5.54 Å². The molecule has 0 aliphatic rings. The highest BCUT2D eigenvalue weighted by atomic mass is 19.1. The van der Waals surface area contributed by atoms with Crippen LogP contribution in [-0.4, -0.2) is 9.97 Å². The van der Waals surface area contributed by atoms with Crippen molar-refractivity contribution in [3.05, 3.63) is 42.1 Å². The van der Waals surface area contributed by atoms with Gasteiger partial charge in [0.15, 0.2) is 0 Å². The lowest BCUT2D eigenvalue weighted by Crippen LogP contribution is -2.36. The number of hydrogen-bond acceptors (Lipinski definition) is 2. The molecule has 1 aromatic carbocycles. The van der Waals surface area contributed by atoms with Gasteiger partial charge in [0.25, 0.3) is 0 Å². The minimum atomic E-state index is -0.418. The summed E-state index contributed by atoms with van der Waals surface area (Å²) in [6, 6.07) is 6.32. The van der Waals surface area contributed by atoms with Gasteiger partial charge in [0.2, 0.25) is 0 Å². The van der Waals surface area contributed by atoms with Crippen LogP contribution in [0.2, 0.25) is 0 Å². The molecule has 1 heterocycles. The van der Waals surface area contributed by atoms with Gasteiger partial charge in [-0.15, -0.1) is 0 Å². The normalized spacial score (nSPS) is 11.8. The molecule has 0 fully saturated rings. The molecule has 4 heteroatoms. The maximum Gasteiger partial charge on any atom is 0.126 e. The first kappa shape index (κ1) is 12.8. The van der Waals surface area contributed by atoms with Gasteiger partial charge in [-0.05, 0) is 42.7 Å². The molecule has 0 saturated heterocycles. The van der Waals surface area contributed by atoms with Crippen molar-refractivity contribution in [2.75, 3.05) is 0 Å². The quantitative estimate of drug-likeness (QED) is 0.871. The van der Waals surface area contributed by atoms with Crippen molar-refractivity contribution < 1.29 is 4.39 Å². The number of hydrogen-bond donors (Lipinski definition) is 2. The van der Waals surface area contributed by atoms with E-state index in [0.717, 1.165) is 29.9 Å². The number of aromatic nitrogens is 2. The van der Waals surface area contributed by atoms with Crippen LogP contribution in [0.15, 0.2) is 30.5 Å². The molecule has 2 aromatic rings. The predicted octanol–water partition coefficient (Wildman–Crippen LogP) is 3.19. The largest absolute Gasteiger partial charge is 0.340 e. The summed E-state index contributed by atoms with van der Waals surface area (Å²) in [6.07, 6.45) is 3.38. The fourth-order valence-electron chi connectivity index (χ4n) is 1.94. The number of imidazole rings is 1. The topological polar surface area (TPSA) is 54.7 Å². The highest BCUT2D eigenvalue weighted by Crippen LogP contribution is 2.25. The van der Waals surface area contributed by atoms with Crippen molar-refractivity contribution in [1.29, 1.82) is 0 Å². The van der Waals surface area contributed by atoms with Gasteiger partial charge >= 0.3 is 0 Å². The summed E-state index contributed by atoms with van der Waals surface area (Å²) in [7, 11) is 0. The van der Waals surface area contributed by atoms with Crippen molar-refractivity contribution >= 4 is 0 Å². The standard InChI is InChI=1S/C14H18FN3/c1-3-14(16,4-2)13-17-9-12(18-13)10-5-7-11(15)8-6-10/h5-9H,3-4,16H2,1-2H3,(H,17,18). The second kappa shape index (κ2) is 4.90. The maximum absolute atomic E-state index is 12.9. The Balaban J connectivity index is 2.33. The second-order valence-electron chi connectivity index (χ2n) is 4.52. The molecule has 1 aromatic heterocycles. The van der Waals surface area contributed by atoms with E-state index in [-0.39, 0.29) is 5.82 Å². The molecule has 0 spiro atoms. The van der Waals surface area contributed by atoms with E-state index in [0.29, 0.717) is 0 Å². The Hall–Kier alpha value is -1.68. The minimum absolute atomic E-state index is 0.242. The third kappa shape index (κ3) is 2.29. The van der Waals surface area contributed by atoms with Gasteiger partial charge in [0.05, 0.1) is 17.4 Å². The lowest BCUT2D eigenvalue weighted by Gasteiger charge is -2.23. The van der Waals surface area contributed by atoms with E-state index in [4.69, 9.17) is 5.73 Å². The fraction of sp³-hybridized carbons (Fsp3) is 0.357. The molecule has 0 unspecified atom stereocenters. The molecule has 18 heavy (non-hydrogen) atoms. The number of H-pyrrole nitrogens is 1. The number of halogens is 1. The number of rotatable bonds is 4. The number of nitrogens with one attached hydrogen (secondary N) is 1. The number of benzene rings is 1. The van der Waals surface area contributed by atoms with Crippen LogP contribution in [0.4, 0.5) is 4.39 Å². The number of nitrogens with two attached hydrogens (primary N) is 1. The molecular formula is C14H18FN3. The lowest BCUT2D eigenvalue weighted by atomic mass is 9.93. The Bertz CT molecular complexity index is 512. The average Bonchev–Trinajstić information content (AvgIpc) is 2.89. The highest BCUT2D eigenvalue weighted by molar-refractivity contribution is 5.58. The first-order valence-electron chi connectivity index (χ1n) is 6.19. The van der Waals surface area contributed by atoms with Crippen molar-refractivity contribution in [3.8, 4) is 11.3 Å². The number of aromatic amines is 1. The average molecular weight is 247 g/mol. The summed E-state index contributed by atoms with van der Waals surface area (Å²) in [5, 5.41) is 0. The maximum atomic E-state index is 12.9. The summed E-state index contributed by atoms with van der Waals surface area (Å²) in [5.74, 6) is 0.542. The van der Waals surface area contributed by atoms with Gasteiger partial charge in [-0.1, -0.05) is 13.8 Å². The van der Waals surface area contributed by atoms with Crippen LogP contribution in [0.1, 0.15) is 32.5 Å². The highest BCUT2D eigenvalue weighted by Gasteiger charge is 2.26. The zero-order valence-electron chi connectivity index (χ0n) is 10.7. The second-order valence-corrected chi connectivity index (χ2v) is 4.52. The van der Waals surface area contributed by atoms with Crippen LogP contribution in [0.3, 0.4) is 0 Å². The van der Waals surface area contributed by atoms with Crippen molar-refractivity contribution in [2.45, 2.75) is 32.2 Å². The first-order valence-corrected chi connectivity index (χ1v) is 6.19. The molecule has 0 aliphatic heterocycles. The molecule has 0 aliphatic carbocycles. The Kier molecular flexibility index (Phi) is 3.48. The smallest absolute Gasteiger partial charge is 0.126 e. The molecule has 0 radical (unpaired) electrons. The fourth-order valence-corrected chi connectivity index (χ4v) is 1.94. The van der Waals surface area contributed by atoms with Gasteiger partial charge in [-0.25, -0.2) is 9.37 Å². The van der Waals surface area contributed by atoms with Crippen molar-refractivity contribution in [2.24, 2.45) is 5.73 Å². The molecular weight excluding hydrogens is 229 g/mol. The molecule has 3 N–H and O–H groups in total. The van der Waals surface area contributed by atoms with Gasteiger partial charge in [-0.3, -0.25) is 0 Å². The zero-order chi connectivity index (χ0) is 13.2. The Labute approximate surface area is 106 Å². The van der Waals surface area contributed by atoms with E-state index in [1.54, 1.807) is 18.3 Å². The van der Waals surface area contributed by atoms with Crippen LogP contribution in [0.25, 0.3) is 11.3 Å². The molecule has 2 rings (SSSR count). The molecule has 0 atom stereocenters. The third-order valence-electron chi connectivity index (χ3n) is 3.46. The van der Waals surface area contributed by atoms with Crippen molar-refractivity contribution in [1.82, 2.24) is 9.97 Å². The van der Waals surface area contributed by atoms with Crippen LogP contribution in [-0.2, 0) is 5.54 Å². The predicted molar refractivity (Wildman–Crippen MR) is 70.4 cm³/mol. The molecule has 0 bridgehead atoms. The van der Waals surface area contributed by atoms with E-state index >= 15 is 0 Å². The first-order chi connectivity index (χ1) is 8.59. The summed E-state index contributed by atoms with van der Waals surface area (Å²) in [4.78, 5) is 7.59. The van der Waals surface area contributed by atoms with E-state index in [1.807, 2.05) is 13.8 Å². The summed E-state index contributed by atoms with van der Waals surface area (Å²) in [5.41, 5.74) is 7.63. The van der Waals surface area contributed by atoms with E-state index in [9.17, 15) is 4.39 Å². The van der Waals surface area contributed by atoms with Crippen LogP contribution < -0.4 is 5.73 Å². The molecule has 0 saturated carbocycles. The Morgan fingerprint density at radius 1 is 1.22 bits per heavy atom. The van der Waals surface area contributed by atoms with Crippen LogP contribution in [0, 0.1) is 5.82 Å². The Morgan fingerprint density at radius 3 is 2.39 bits per heavy atom. The van der Waals surface area contributed by atoms with Gasteiger partial charge in [-0.2, -0.15) is 0 Å².